The van der Waals surface area contributed by atoms with E-state index < -0.39 is 5.97 Å². The van der Waals surface area contributed by atoms with E-state index in [-0.39, 0.29) is 29.8 Å². The number of allylic oxidation sites excluding steroid dienone is 1. The molecule has 2 atom stereocenters. The van der Waals surface area contributed by atoms with Crippen molar-refractivity contribution >= 4 is 11.9 Å². The second-order valence-corrected chi connectivity index (χ2v) is 5.80. The molecule has 0 bridgehead atoms. The lowest BCUT2D eigenvalue weighted by Crippen LogP contribution is -2.10. The van der Waals surface area contributed by atoms with Crippen LogP contribution < -0.4 is 0 Å². The van der Waals surface area contributed by atoms with E-state index in [2.05, 4.69) is 4.74 Å². The van der Waals surface area contributed by atoms with Crippen molar-refractivity contribution in [2.24, 2.45) is 17.3 Å². The highest BCUT2D eigenvalue weighted by Gasteiger charge is 2.61. The minimum atomic E-state index is -0.408. The van der Waals surface area contributed by atoms with E-state index in [1.165, 1.54) is 13.2 Å². The van der Waals surface area contributed by atoms with Gasteiger partial charge in [-0.05, 0) is 16.9 Å². The van der Waals surface area contributed by atoms with E-state index >= 15 is 0 Å². The van der Waals surface area contributed by atoms with E-state index in [9.17, 15) is 9.59 Å². The van der Waals surface area contributed by atoms with Gasteiger partial charge in [0.25, 0.3) is 0 Å². The maximum absolute atomic E-state index is 12.1. The SMILES string of the molecule is COC(=O)/C=C/[C@@H]1[C@@H](C(=O)OCc2ccccc2)C1(C)C. The summed E-state index contributed by atoms with van der Waals surface area (Å²) >= 11 is 0. The molecule has 0 radical (unpaired) electrons. The Bertz CT molecular complexity index is 545. The van der Waals surface area contributed by atoms with Crippen molar-refractivity contribution in [3.8, 4) is 0 Å². The third-order valence-electron chi connectivity index (χ3n) is 4.03. The molecule has 112 valence electrons. The van der Waals surface area contributed by atoms with Crippen LogP contribution in [0.15, 0.2) is 42.5 Å². The van der Waals surface area contributed by atoms with Gasteiger partial charge in [-0.15, -0.1) is 0 Å². The topological polar surface area (TPSA) is 52.6 Å². The molecule has 4 nitrogen and oxygen atoms in total. The van der Waals surface area contributed by atoms with Crippen molar-refractivity contribution in [1.82, 2.24) is 0 Å². The van der Waals surface area contributed by atoms with Gasteiger partial charge in [0.15, 0.2) is 0 Å². The molecule has 0 saturated heterocycles. The Morgan fingerprint density at radius 1 is 1.24 bits per heavy atom. The zero-order chi connectivity index (χ0) is 15.5. The molecule has 1 aromatic carbocycles. The molecular weight excluding hydrogens is 268 g/mol. The predicted octanol–water partition coefficient (Wildman–Crippen LogP) is 2.73. The average Bonchev–Trinajstić information content (AvgIpc) is 3.04. The first-order valence-electron chi connectivity index (χ1n) is 6.93. The number of esters is 2. The number of hydrogen-bond donors (Lipinski definition) is 0. The fraction of sp³-hybridized carbons (Fsp3) is 0.412. The first kappa shape index (κ1) is 15.3. The highest BCUT2D eigenvalue weighted by molar-refractivity contribution is 5.83. The van der Waals surface area contributed by atoms with Crippen LogP contribution in [0, 0.1) is 17.3 Å². The Balaban J connectivity index is 1.91. The van der Waals surface area contributed by atoms with E-state index in [0.29, 0.717) is 0 Å². The van der Waals surface area contributed by atoms with Gasteiger partial charge in [-0.1, -0.05) is 50.3 Å². The maximum Gasteiger partial charge on any atom is 0.330 e. The van der Waals surface area contributed by atoms with Gasteiger partial charge in [0.05, 0.1) is 13.0 Å². The second-order valence-electron chi connectivity index (χ2n) is 5.80. The van der Waals surface area contributed by atoms with Crippen LogP contribution in [0.3, 0.4) is 0 Å². The van der Waals surface area contributed by atoms with E-state index in [1.54, 1.807) is 6.08 Å². The smallest absolute Gasteiger partial charge is 0.330 e. The first-order valence-corrected chi connectivity index (χ1v) is 6.93. The van der Waals surface area contributed by atoms with Gasteiger partial charge in [0, 0.05) is 6.08 Å². The van der Waals surface area contributed by atoms with Crippen molar-refractivity contribution < 1.29 is 19.1 Å². The van der Waals surface area contributed by atoms with Crippen LogP contribution in [0.1, 0.15) is 19.4 Å². The largest absolute Gasteiger partial charge is 0.466 e. The van der Waals surface area contributed by atoms with Crippen molar-refractivity contribution in [1.29, 1.82) is 0 Å². The summed E-state index contributed by atoms with van der Waals surface area (Å²) < 4.78 is 9.92. The summed E-state index contributed by atoms with van der Waals surface area (Å²) in [6.07, 6.45) is 3.11. The molecular formula is C17H20O4. The maximum atomic E-state index is 12.1. The Morgan fingerprint density at radius 2 is 1.90 bits per heavy atom. The minimum absolute atomic E-state index is 0.0138. The number of rotatable bonds is 5. The molecule has 0 heterocycles. The highest BCUT2D eigenvalue weighted by atomic mass is 16.5. The predicted molar refractivity (Wildman–Crippen MR) is 78.2 cm³/mol. The molecule has 0 spiro atoms. The van der Waals surface area contributed by atoms with Gasteiger partial charge in [0.2, 0.25) is 0 Å². The minimum Gasteiger partial charge on any atom is -0.466 e. The molecule has 4 heteroatoms. The van der Waals surface area contributed by atoms with Gasteiger partial charge in [-0.3, -0.25) is 4.79 Å². The van der Waals surface area contributed by atoms with E-state index in [0.717, 1.165) is 5.56 Å². The molecule has 0 aromatic heterocycles. The van der Waals surface area contributed by atoms with Crippen LogP contribution in [-0.4, -0.2) is 19.0 Å². The van der Waals surface area contributed by atoms with Crippen molar-refractivity contribution in [2.45, 2.75) is 20.5 Å². The fourth-order valence-electron chi connectivity index (χ4n) is 2.56. The third kappa shape index (κ3) is 3.51. The lowest BCUT2D eigenvalue weighted by molar-refractivity contribution is -0.147. The van der Waals surface area contributed by atoms with Crippen LogP contribution in [0.5, 0.6) is 0 Å². The average molecular weight is 288 g/mol. The fourth-order valence-corrected chi connectivity index (χ4v) is 2.56. The third-order valence-corrected chi connectivity index (χ3v) is 4.03. The zero-order valence-corrected chi connectivity index (χ0v) is 12.5. The summed E-state index contributed by atoms with van der Waals surface area (Å²) in [5.41, 5.74) is 0.782. The molecule has 1 aromatic rings. The van der Waals surface area contributed by atoms with Crippen LogP contribution in [0.25, 0.3) is 0 Å². The van der Waals surface area contributed by atoms with Crippen LogP contribution in [-0.2, 0) is 25.7 Å². The summed E-state index contributed by atoms with van der Waals surface area (Å²) in [7, 11) is 1.33. The molecule has 21 heavy (non-hydrogen) atoms. The summed E-state index contributed by atoms with van der Waals surface area (Å²) in [4.78, 5) is 23.3. The zero-order valence-electron chi connectivity index (χ0n) is 12.5. The lowest BCUT2D eigenvalue weighted by atomic mass is 10.1. The van der Waals surface area contributed by atoms with Gasteiger partial charge in [0.1, 0.15) is 6.61 Å². The van der Waals surface area contributed by atoms with Gasteiger partial charge < -0.3 is 9.47 Å². The van der Waals surface area contributed by atoms with Crippen molar-refractivity contribution in [3.05, 3.63) is 48.0 Å². The normalized spacial score (nSPS) is 22.8. The van der Waals surface area contributed by atoms with Crippen LogP contribution >= 0.6 is 0 Å². The molecule has 1 saturated carbocycles. The van der Waals surface area contributed by atoms with E-state index in [4.69, 9.17) is 4.74 Å². The van der Waals surface area contributed by atoms with Crippen molar-refractivity contribution in [2.75, 3.05) is 7.11 Å². The number of hydrogen-bond acceptors (Lipinski definition) is 4. The summed E-state index contributed by atoms with van der Waals surface area (Å²) in [5.74, 6) is -0.820. The van der Waals surface area contributed by atoms with Crippen molar-refractivity contribution in [3.63, 3.8) is 0 Å². The number of benzene rings is 1. The molecule has 1 aliphatic rings. The Kier molecular flexibility index (Phi) is 4.46. The molecule has 1 fully saturated rings. The molecule has 2 rings (SSSR count). The summed E-state index contributed by atoms with van der Waals surface area (Å²) in [6, 6.07) is 9.57. The van der Waals surface area contributed by atoms with Gasteiger partial charge in [-0.2, -0.15) is 0 Å². The quantitative estimate of drug-likeness (QED) is 0.617. The number of carbonyl (C=O) groups excluding carboxylic acids is 2. The lowest BCUT2D eigenvalue weighted by Gasteiger charge is -2.05. The molecule has 0 unspecified atom stereocenters. The van der Waals surface area contributed by atoms with Gasteiger partial charge >= 0.3 is 11.9 Å². The molecule has 1 aliphatic carbocycles. The number of ether oxygens (including phenoxy) is 2. The van der Waals surface area contributed by atoms with Crippen LogP contribution in [0.4, 0.5) is 0 Å². The Morgan fingerprint density at radius 3 is 2.52 bits per heavy atom. The van der Waals surface area contributed by atoms with E-state index in [1.807, 2.05) is 44.2 Å². The number of carbonyl (C=O) groups is 2. The van der Waals surface area contributed by atoms with Gasteiger partial charge in [-0.25, -0.2) is 4.79 Å². The monoisotopic (exact) mass is 288 g/mol. The molecule has 0 amide bonds. The number of methoxy groups -OCH3 is 1. The second kappa shape index (κ2) is 6.12. The van der Waals surface area contributed by atoms with Crippen LogP contribution in [0.2, 0.25) is 0 Å². The standard InChI is InChI=1S/C17H20O4/c1-17(2)13(9-10-14(18)20-3)15(17)16(19)21-11-12-7-5-4-6-8-12/h4-10,13,15H,11H2,1-3H3/b10-9+/t13-,15+/m1/s1. The highest BCUT2D eigenvalue weighted by Crippen LogP contribution is 2.59. The summed E-state index contributed by atoms with van der Waals surface area (Å²) in [6.45, 7) is 4.27. The summed E-state index contributed by atoms with van der Waals surface area (Å²) in [5, 5.41) is 0. The molecule has 0 aliphatic heterocycles. The molecule has 0 N–H and O–H groups in total. The first-order chi connectivity index (χ1) is 9.96. The Labute approximate surface area is 124 Å². The Hall–Kier alpha value is -2.10.